The second-order valence-electron chi connectivity index (χ2n) is 3.86. The highest BCUT2D eigenvalue weighted by molar-refractivity contribution is 5.94. The number of carbonyl (C=O) groups is 1. The first kappa shape index (κ1) is 15.0. The van der Waals surface area contributed by atoms with Crippen molar-refractivity contribution in [3.63, 3.8) is 0 Å². The topological polar surface area (TPSA) is 73.6 Å². The Balaban J connectivity index is 2.75. The number of ether oxygens (including phenoxy) is 2. The quantitative estimate of drug-likeness (QED) is 0.549. The number of benzene rings is 1. The molecule has 0 aromatic heterocycles. The number of nitrogens with one attached hydrogen (secondary N) is 1. The van der Waals surface area contributed by atoms with E-state index in [1.165, 1.54) is 7.11 Å². The fourth-order valence-electron chi connectivity index (χ4n) is 1.48. The fraction of sp³-hybridized carbons (Fsp3) is 0.357. The van der Waals surface area contributed by atoms with Crippen molar-refractivity contribution < 1.29 is 14.3 Å². The van der Waals surface area contributed by atoms with Crippen LogP contribution in [0.25, 0.3) is 0 Å². The Morgan fingerprint density at radius 2 is 2.26 bits per heavy atom. The van der Waals surface area contributed by atoms with Crippen molar-refractivity contribution in [2.75, 3.05) is 26.8 Å². The van der Waals surface area contributed by atoms with Crippen LogP contribution in [-0.4, -0.2) is 32.7 Å². The van der Waals surface area contributed by atoms with Gasteiger partial charge in [0.25, 0.3) is 5.91 Å². The van der Waals surface area contributed by atoms with E-state index in [-0.39, 0.29) is 5.91 Å². The van der Waals surface area contributed by atoms with Crippen LogP contribution in [0.4, 0.5) is 0 Å². The summed E-state index contributed by atoms with van der Waals surface area (Å²) in [5.41, 5.74) is 5.90. The Morgan fingerprint density at radius 3 is 2.89 bits per heavy atom. The molecule has 0 aliphatic carbocycles. The predicted octanol–water partition coefficient (Wildman–Crippen LogP) is 1.34. The Kier molecular flexibility index (Phi) is 6.46. The van der Waals surface area contributed by atoms with Crippen molar-refractivity contribution in [2.45, 2.75) is 6.42 Å². The van der Waals surface area contributed by atoms with Crippen LogP contribution in [0, 0.1) is 0 Å². The number of rotatable bonds is 8. The van der Waals surface area contributed by atoms with E-state index in [9.17, 15) is 4.79 Å². The fourth-order valence-corrected chi connectivity index (χ4v) is 1.48. The number of amides is 1. The summed E-state index contributed by atoms with van der Waals surface area (Å²) in [7, 11) is 1.53. The van der Waals surface area contributed by atoms with Gasteiger partial charge in [0.1, 0.15) is 6.61 Å². The molecule has 1 aromatic rings. The molecule has 0 aliphatic heterocycles. The summed E-state index contributed by atoms with van der Waals surface area (Å²) < 4.78 is 10.6. The van der Waals surface area contributed by atoms with Crippen molar-refractivity contribution in [2.24, 2.45) is 5.73 Å². The van der Waals surface area contributed by atoms with Crippen molar-refractivity contribution >= 4 is 5.91 Å². The minimum absolute atomic E-state index is 0.151. The first-order chi connectivity index (χ1) is 9.22. The Labute approximate surface area is 113 Å². The number of nitrogens with two attached hydrogens (primary N) is 1. The van der Waals surface area contributed by atoms with Crippen molar-refractivity contribution in [3.8, 4) is 11.5 Å². The maximum atomic E-state index is 11.8. The third-order valence-corrected chi connectivity index (χ3v) is 2.45. The molecule has 0 aliphatic rings. The average molecular weight is 264 g/mol. The minimum atomic E-state index is -0.151. The third-order valence-electron chi connectivity index (χ3n) is 2.45. The lowest BCUT2D eigenvalue weighted by atomic mass is 10.2. The van der Waals surface area contributed by atoms with Gasteiger partial charge in [0, 0.05) is 12.1 Å². The number of hydrogen-bond acceptors (Lipinski definition) is 4. The smallest absolute Gasteiger partial charge is 0.251 e. The van der Waals surface area contributed by atoms with E-state index >= 15 is 0 Å². The van der Waals surface area contributed by atoms with Crippen LogP contribution in [-0.2, 0) is 0 Å². The van der Waals surface area contributed by atoms with Gasteiger partial charge in [-0.3, -0.25) is 4.79 Å². The lowest BCUT2D eigenvalue weighted by molar-refractivity contribution is 0.0953. The van der Waals surface area contributed by atoms with Gasteiger partial charge in [-0.05, 0) is 31.2 Å². The molecule has 0 atom stereocenters. The van der Waals surface area contributed by atoms with Gasteiger partial charge in [0.2, 0.25) is 0 Å². The highest BCUT2D eigenvalue weighted by atomic mass is 16.5. The summed E-state index contributed by atoms with van der Waals surface area (Å²) in [6.07, 6.45) is 2.40. The maximum Gasteiger partial charge on any atom is 0.251 e. The maximum absolute atomic E-state index is 11.8. The zero-order chi connectivity index (χ0) is 14.1. The molecule has 1 rings (SSSR count). The van der Waals surface area contributed by atoms with Crippen LogP contribution < -0.4 is 20.5 Å². The van der Waals surface area contributed by atoms with Gasteiger partial charge in [-0.25, -0.2) is 0 Å². The van der Waals surface area contributed by atoms with Gasteiger partial charge in [-0.15, -0.1) is 0 Å². The largest absolute Gasteiger partial charge is 0.493 e. The molecular weight excluding hydrogens is 244 g/mol. The first-order valence-electron chi connectivity index (χ1n) is 6.13. The molecule has 0 unspecified atom stereocenters. The SMILES string of the molecule is C=CCOc1ccc(C(=O)NCCCN)cc1OC. The molecule has 5 heteroatoms. The van der Waals surface area contributed by atoms with Crippen LogP contribution in [0.5, 0.6) is 11.5 Å². The predicted molar refractivity (Wildman–Crippen MR) is 74.7 cm³/mol. The number of methoxy groups -OCH3 is 1. The zero-order valence-electron chi connectivity index (χ0n) is 11.1. The highest BCUT2D eigenvalue weighted by Gasteiger charge is 2.10. The van der Waals surface area contributed by atoms with Crippen molar-refractivity contribution in [1.82, 2.24) is 5.32 Å². The van der Waals surface area contributed by atoms with Gasteiger partial charge in [-0.2, -0.15) is 0 Å². The third kappa shape index (κ3) is 4.63. The lowest BCUT2D eigenvalue weighted by Gasteiger charge is -2.11. The zero-order valence-corrected chi connectivity index (χ0v) is 11.1. The monoisotopic (exact) mass is 264 g/mol. The molecule has 0 spiro atoms. The molecule has 19 heavy (non-hydrogen) atoms. The van der Waals surface area contributed by atoms with E-state index in [4.69, 9.17) is 15.2 Å². The molecule has 0 saturated carbocycles. The van der Waals surface area contributed by atoms with Crippen LogP contribution in [0.15, 0.2) is 30.9 Å². The van der Waals surface area contributed by atoms with Gasteiger partial charge in [0.15, 0.2) is 11.5 Å². The summed E-state index contributed by atoms with van der Waals surface area (Å²) in [6.45, 7) is 5.08. The Hall–Kier alpha value is -2.01. The standard InChI is InChI=1S/C14H20N2O3/c1-3-9-19-12-6-5-11(10-13(12)18-2)14(17)16-8-4-7-15/h3,5-6,10H,1,4,7-9,15H2,2H3,(H,16,17). The molecule has 0 radical (unpaired) electrons. The van der Waals surface area contributed by atoms with Crippen LogP contribution in [0.1, 0.15) is 16.8 Å². The Bertz CT molecular complexity index is 433. The molecule has 3 N–H and O–H groups in total. The van der Waals surface area contributed by atoms with E-state index in [0.717, 1.165) is 6.42 Å². The summed E-state index contributed by atoms with van der Waals surface area (Å²) in [5, 5.41) is 2.78. The van der Waals surface area contributed by atoms with Gasteiger partial charge < -0.3 is 20.5 Å². The highest BCUT2D eigenvalue weighted by Crippen LogP contribution is 2.28. The van der Waals surface area contributed by atoms with Gasteiger partial charge in [0.05, 0.1) is 7.11 Å². The first-order valence-corrected chi connectivity index (χ1v) is 6.13. The Morgan fingerprint density at radius 1 is 1.47 bits per heavy atom. The number of carbonyl (C=O) groups excluding carboxylic acids is 1. The summed E-state index contributed by atoms with van der Waals surface area (Å²) in [4.78, 5) is 11.8. The molecule has 0 bridgehead atoms. The average Bonchev–Trinajstić information content (AvgIpc) is 2.45. The van der Waals surface area contributed by atoms with Crippen molar-refractivity contribution in [3.05, 3.63) is 36.4 Å². The molecule has 0 heterocycles. The van der Waals surface area contributed by atoms with Gasteiger partial charge >= 0.3 is 0 Å². The van der Waals surface area contributed by atoms with Crippen LogP contribution >= 0.6 is 0 Å². The minimum Gasteiger partial charge on any atom is -0.493 e. The van der Waals surface area contributed by atoms with E-state index in [1.807, 2.05) is 0 Å². The second kappa shape index (κ2) is 8.16. The van der Waals surface area contributed by atoms with Crippen LogP contribution in [0.3, 0.4) is 0 Å². The second-order valence-corrected chi connectivity index (χ2v) is 3.86. The van der Waals surface area contributed by atoms with E-state index in [0.29, 0.717) is 36.8 Å². The lowest BCUT2D eigenvalue weighted by Crippen LogP contribution is -2.25. The molecule has 0 fully saturated rings. The summed E-state index contributed by atoms with van der Waals surface area (Å²) in [6, 6.07) is 5.05. The van der Waals surface area contributed by atoms with Crippen LogP contribution in [0.2, 0.25) is 0 Å². The molecule has 1 aromatic carbocycles. The molecular formula is C14H20N2O3. The molecule has 1 amide bonds. The molecule has 5 nitrogen and oxygen atoms in total. The summed E-state index contributed by atoms with van der Waals surface area (Å²) >= 11 is 0. The molecule has 104 valence electrons. The van der Waals surface area contributed by atoms with Gasteiger partial charge in [-0.1, -0.05) is 12.7 Å². The van der Waals surface area contributed by atoms with Crippen molar-refractivity contribution in [1.29, 1.82) is 0 Å². The van der Waals surface area contributed by atoms with E-state index < -0.39 is 0 Å². The molecule has 0 saturated heterocycles. The summed E-state index contributed by atoms with van der Waals surface area (Å²) in [5.74, 6) is 0.955. The van der Waals surface area contributed by atoms with E-state index in [1.54, 1.807) is 24.3 Å². The van der Waals surface area contributed by atoms with E-state index in [2.05, 4.69) is 11.9 Å². The number of hydrogen-bond donors (Lipinski definition) is 2. The normalized spacial score (nSPS) is 9.79.